The minimum absolute atomic E-state index is 0.327. The normalized spacial score (nSPS) is 32.9. The molecule has 0 spiro atoms. The molecular formula is C14H24O2. The van der Waals surface area contributed by atoms with Gasteiger partial charge in [0, 0.05) is 12.3 Å². The van der Waals surface area contributed by atoms with Crippen molar-refractivity contribution in [2.45, 2.75) is 76.9 Å². The number of hydrogen-bond donors (Lipinski definition) is 0. The molecule has 0 N–H and O–H groups in total. The molecule has 2 bridgehead atoms. The summed E-state index contributed by atoms with van der Waals surface area (Å²) in [7, 11) is 0. The summed E-state index contributed by atoms with van der Waals surface area (Å²) in [6.07, 6.45) is 10.8. The van der Waals surface area contributed by atoms with Crippen LogP contribution >= 0.6 is 0 Å². The van der Waals surface area contributed by atoms with Gasteiger partial charge in [0.15, 0.2) is 0 Å². The molecule has 2 atom stereocenters. The Balaban J connectivity index is 1.69. The van der Waals surface area contributed by atoms with Crippen molar-refractivity contribution in [3.05, 3.63) is 0 Å². The van der Waals surface area contributed by atoms with Gasteiger partial charge in [-0.05, 0) is 32.1 Å². The largest absolute Gasteiger partial charge is 0.375 e. The third-order valence-corrected chi connectivity index (χ3v) is 4.02. The fourth-order valence-electron chi connectivity index (χ4n) is 3.05. The van der Waals surface area contributed by atoms with Crippen LogP contribution in [0.4, 0.5) is 0 Å². The maximum Gasteiger partial charge on any atom is 0.136 e. The molecule has 2 saturated heterocycles. The molecule has 2 unspecified atom stereocenters. The first kappa shape index (κ1) is 12.1. The van der Waals surface area contributed by atoms with Crippen LogP contribution in [0.25, 0.3) is 0 Å². The highest BCUT2D eigenvalue weighted by Gasteiger charge is 2.37. The van der Waals surface area contributed by atoms with E-state index in [-0.39, 0.29) is 0 Å². The number of carbonyl (C=O) groups is 1. The van der Waals surface area contributed by atoms with Crippen LogP contribution in [0.2, 0.25) is 0 Å². The summed E-state index contributed by atoms with van der Waals surface area (Å²) in [5.41, 5.74) is 0. The van der Waals surface area contributed by atoms with Crippen LogP contribution in [0, 0.1) is 5.92 Å². The molecule has 16 heavy (non-hydrogen) atoms. The maximum absolute atomic E-state index is 12.0. The average Bonchev–Trinajstić information content (AvgIpc) is 2.63. The van der Waals surface area contributed by atoms with Crippen molar-refractivity contribution in [1.29, 1.82) is 0 Å². The molecule has 0 aliphatic carbocycles. The van der Waals surface area contributed by atoms with Gasteiger partial charge < -0.3 is 4.74 Å². The number of ether oxygens (including phenoxy) is 1. The molecule has 0 amide bonds. The first-order valence-corrected chi connectivity index (χ1v) is 6.97. The van der Waals surface area contributed by atoms with E-state index in [9.17, 15) is 4.79 Å². The van der Waals surface area contributed by atoms with Crippen molar-refractivity contribution < 1.29 is 9.53 Å². The summed E-state index contributed by atoms with van der Waals surface area (Å²) in [5, 5.41) is 0. The van der Waals surface area contributed by atoms with Gasteiger partial charge in [0.2, 0.25) is 0 Å². The third-order valence-electron chi connectivity index (χ3n) is 4.02. The molecular weight excluding hydrogens is 200 g/mol. The lowest BCUT2D eigenvalue weighted by Gasteiger charge is -2.27. The predicted octanol–water partition coefficient (Wildman–Crippen LogP) is 3.48. The molecule has 0 aromatic carbocycles. The summed E-state index contributed by atoms with van der Waals surface area (Å²) < 4.78 is 5.77. The summed E-state index contributed by atoms with van der Waals surface area (Å²) >= 11 is 0. The maximum atomic E-state index is 12.0. The van der Waals surface area contributed by atoms with Crippen molar-refractivity contribution in [2.24, 2.45) is 5.92 Å². The van der Waals surface area contributed by atoms with Crippen LogP contribution in [0.5, 0.6) is 0 Å². The van der Waals surface area contributed by atoms with E-state index in [2.05, 4.69) is 6.92 Å². The van der Waals surface area contributed by atoms with E-state index in [1.54, 1.807) is 0 Å². The lowest BCUT2D eigenvalue weighted by Crippen LogP contribution is -2.29. The Bertz CT molecular complexity index is 225. The zero-order valence-corrected chi connectivity index (χ0v) is 10.4. The Morgan fingerprint density at radius 1 is 1.12 bits per heavy atom. The van der Waals surface area contributed by atoms with Gasteiger partial charge in [-0.3, -0.25) is 4.79 Å². The van der Waals surface area contributed by atoms with Crippen molar-refractivity contribution in [3.63, 3.8) is 0 Å². The van der Waals surface area contributed by atoms with Crippen LogP contribution in [0.1, 0.15) is 64.7 Å². The van der Waals surface area contributed by atoms with Crippen LogP contribution < -0.4 is 0 Å². The Morgan fingerprint density at radius 3 is 2.44 bits per heavy atom. The van der Waals surface area contributed by atoms with Crippen molar-refractivity contribution >= 4 is 5.78 Å². The second kappa shape index (κ2) is 5.81. The molecule has 2 rings (SSSR count). The van der Waals surface area contributed by atoms with Crippen LogP contribution in [0.3, 0.4) is 0 Å². The Kier molecular flexibility index (Phi) is 4.39. The zero-order valence-electron chi connectivity index (χ0n) is 10.4. The van der Waals surface area contributed by atoms with E-state index in [4.69, 9.17) is 4.74 Å². The van der Waals surface area contributed by atoms with Crippen LogP contribution in [-0.2, 0) is 9.53 Å². The highest BCUT2D eigenvalue weighted by molar-refractivity contribution is 5.81. The number of fused-ring (bicyclic) bond motifs is 2. The standard InChI is InChI=1S/C14H24O2/c1-2-3-4-5-6-14(15)11-9-12-7-8-13(10-11)16-12/h11-13H,2-10H2,1H3. The van der Waals surface area contributed by atoms with E-state index >= 15 is 0 Å². The minimum atomic E-state index is 0.327. The molecule has 0 aromatic heterocycles. The molecule has 2 aliphatic rings. The molecule has 0 aromatic rings. The number of Topliss-reactive ketones (excluding diaryl/α,β-unsaturated/α-hetero) is 1. The number of carbonyl (C=O) groups excluding carboxylic acids is 1. The second-order valence-corrected chi connectivity index (χ2v) is 5.40. The van der Waals surface area contributed by atoms with Crippen LogP contribution in [-0.4, -0.2) is 18.0 Å². The Morgan fingerprint density at radius 2 is 1.81 bits per heavy atom. The van der Waals surface area contributed by atoms with Gasteiger partial charge in [-0.1, -0.05) is 26.2 Å². The molecule has 2 nitrogen and oxygen atoms in total. The molecule has 0 radical (unpaired) electrons. The fraction of sp³-hybridized carbons (Fsp3) is 0.929. The van der Waals surface area contributed by atoms with Crippen molar-refractivity contribution in [3.8, 4) is 0 Å². The summed E-state index contributed by atoms with van der Waals surface area (Å²) in [4.78, 5) is 12.0. The Hall–Kier alpha value is -0.370. The predicted molar refractivity (Wildman–Crippen MR) is 64.4 cm³/mol. The number of rotatable bonds is 6. The molecule has 2 heterocycles. The highest BCUT2D eigenvalue weighted by atomic mass is 16.5. The third kappa shape index (κ3) is 3.07. The fourth-order valence-corrected chi connectivity index (χ4v) is 3.05. The molecule has 2 heteroatoms. The van der Waals surface area contributed by atoms with E-state index in [1.807, 2.05) is 0 Å². The van der Waals surface area contributed by atoms with Crippen molar-refractivity contribution in [1.82, 2.24) is 0 Å². The van der Waals surface area contributed by atoms with Crippen LogP contribution in [0.15, 0.2) is 0 Å². The monoisotopic (exact) mass is 224 g/mol. The summed E-state index contributed by atoms with van der Waals surface area (Å²) in [6, 6.07) is 0. The zero-order chi connectivity index (χ0) is 11.4. The molecule has 2 fully saturated rings. The van der Waals surface area contributed by atoms with Gasteiger partial charge in [-0.15, -0.1) is 0 Å². The summed E-state index contributed by atoms with van der Waals surface area (Å²) in [5.74, 6) is 0.837. The highest BCUT2D eigenvalue weighted by Crippen LogP contribution is 2.36. The van der Waals surface area contributed by atoms with Gasteiger partial charge in [0.05, 0.1) is 12.2 Å². The van der Waals surface area contributed by atoms with E-state index in [0.29, 0.717) is 23.9 Å². The second-order valence-electron chi connectivity index (χ2n) is 5.40. The number of unbranched alkanes of at least 4 members (excludes halogenated alkanes) is 3. The van der Waals surface area contributed by atoms with Gasteiger partial charge in [0.25, 0.3) is 0 Å². The topological polar surface area (TPSA) is 26.3 Å². The number of hydrogen-bond acceptors (Lipinski definition) is 2. The van der Waals surface area contributed by atoms with Gasteiger partial charge in [0.1, 0.15) is 5.78 Å². The number of ketones is 1. The molecule has 0 saturated carbocycles. The molecule has 2 aliphatic heterocycles. The van der Waals surface area contributed by atoms with Gasteiger partial charge >= 0.3 is 0 Å². The smallest absolute Gasteiger partial charge is 0.136 e. The van der Waals surface area contributed by atoms with E-state index in [1.165, 1.54) is 32.1 Å². The van der Waals surface area contributed by atoms with Gasteiger partial charge in [-0.2, -0.15) is 0 Å². The first-order chi connectivity index (χ1) is 7.79. The average molecular weight is 224 g/mol. The van der Waals surface area contributed by atoms with Gasteiger partial charge in [-0.25, -0.2) is 0 Å². The quantitative estimate of drug-likeness (QED) is 0.646. The molecule has 92 valence electrons. The van der Waals surface area contributed by atoms with Crippen molar-refractivity contribution in [2.75, 3.05) is 0 Å². The summed E-state index contributed by atoms with van der Waals surface area (Å²) in [6.45, 7) is 2.21. The van der Waals surface area contributed by atoms with E-state index < -0.39 is 0 Å². The SMILES string of the molecule is CCCCCCC(=O)C1CC2CCC(C1)O2. The minimum Gasteiger partial charge on any atom is -0.375 e. The Labute approximate surface area is 98.7 Å². The van der Waals surface area contributed by atoms with E-state index in [0.717, 1.165) is 25.7 Å². The lowest BCUT2D eigenvalue weighted by molar-refractivity contribution is -0.128. The first-order valence-electron chi connectivity index (χ1n) is 6.97. The lowest BCUT2D eigenvalue weighted by atomic mass is 9.89.